The van der Waals surface area contributed by atoms with Gasteiger partial charge in [-0.05, 0) is 278 Å². The number of hydrogen-bond donors (Lipinski definition) is 0. The molecule has 7 aromatic rings. The molecule has 4 unspecified atom stereocenters. The van der Waals surface area contributed by atoms with Gasteiger partial charge in [0.25, 0.3) is 6.71 Å². The van der Waals surface area contributed by atoms with Crippen LogP contribution in [-0.4, -0.2) is 12.3 Å². The van der Waals surface area contributed by atoms with Gasteiger partial charge in [-0.15, -0.1) is 11.3 Å². The summed E-state index contributed by atoms with van der Waals surface area (Å²) < 4.78 is 2.96. The Balaban J connectivity index is 1.07. The lowest BCUT2D eigenvalue weighted by Gasteiger charge is -2.58. The average Bonchev–Trinajstić information content (AvgIpc) is 1.57. The Labute approximate surface area is 539 Å². The summed E-state index contributed by atoms with van der Waals surface area (Å²) in [4.78, 5) is 8.83. The molecule has 6 bridgehead atoms. The predicted molar refractivity (Wildman–Crippen MR) is 383 cm³/mol. The van der Waals surface area contributed by atoms with E-state index in [-0.39, 0.29) is 66.4 Å². The number of allylic oxidation sites excluding steroid dienone is 1. The summed E-state index contributed by atoms with van der Waals surface area (Å²) in [6.07, 6.45) is 13.1. The van der Waals surface area contributed by atoms with Crippen molar-refractivity contribution in [1.82, 2.24) is 0 Å². The maximum Gasteiger partial charge on any atom is 0.265 e. The van der Waals surface area contributed by atoms with Crippen molar-refractivity contribution in [2.24, 2.45) is 5.92 Å². The summed E-state index contributed by atoms with van der Waals surface area (Å²) >= 11 is 2.15. The molecule has 3 nitrogen and oxygen atoms in total. The molecule has 1 aromatic heterocycles. The molecule has 6 aromatic carbocycles. The summed E-state index contributed by atoms with van der Waals surface area (Å²) in [5.41, 5.74) is 33.7. The summed E-state index contributed by atoms with van der Waals surface area (Å²) in [6, 6.07) is 37.6. The Morgan fingerprint density at radius 1 is 0.449 bits per heavy atom. The zero-order chi connectivity index (χ0) is 62.8. The molecule has 0 N–H and O–H groups in total. The molecule has 460 valence electrons. The number of aryl methyl sites for hydroxylation is 2. The molecule has 17 rings (SSSR count). The second-order valence-corrected chi connectivity index (χ2v) is 38.0. The van der Waals surface area contributed by atoms with Gasteiger partial charge < -0.3 is 14.7 Å². The maximum atomic E-state index is 3.00. The number of benzene rings is 6. The van der Waals surface area contributed by atoms with E-state index < -0.39 is 0 Å². The molecule has 4 aliphatic heterocycles. The van der Waals surface area contributed by atoms with Gasteiger partial charge in [0.15, 0.2) is 0 Å². The zero-order valence-corrected chi connectivity index (χ0v) is 59.1. The van der Waals surface area contributed by atoms with Crippen LogP contribution in [0.4, 0.5) is 39.8 Å². The Bertz CT molecular complexity index is 4430. The van der Waals surface area contributed by atoms with Crippen LogP contribution in [0.15, 0.2) is 90.6 Å². The molecule has 1 fully saturated rings. The molecule has 0 spiro atoms. The normalized spacial score (nSPS) is 28.6. The third-order valence-electron chi connectivity index (χ3n) is 28.1. The minimum Gasteiger partial charge on any atom is -0.334 e. The van der Waals surface area contributed by atoms with E-state index in [0.717, 1.165) is 6.42 Å². The lowest BCUT2D eigenvalue weighted by molar-refractivity contribution is 0.0838. The summed E-state index contributed by atoms with van der Waals surface area (Å²) in [5, 5.41) is 1.43. The first-order valence-corrected chi connectivity index (χ1v) is 35.8. The minimum absolute atomic E-state index is 0.00140. The van der Waals surface area contributed by atoms with Crippen LogP contribution in [-0.2, 0) is 54.1 Å². The minimum atomic E-state index is -0.344. The molecule has 5 heterocycles. The van der Waals surface area contributed by atoms with E-state index in [0.29, 0.717) is 5.92 Å². The highest BCUT2D eigenvalue weighted by molar-refractivity contribution is 7.34. The molecular weight excluding hydrogens is 1090 g/mol. The monoisotopic (exact) mass is 1190 g/mol. The zero-order valence-electron chi connectivity index (χ0n) is 58.3. The molecule has 1 saturated carbocycles. The molecule has 6 aliphatic carbocycles. The number of thiophene rings is 1. The SMILES string of the molecule is Cc1cc(C)c2c(c1)N1c3cc4c5c(c3)N(c3ccc6c(c3)C(C)(CCC6(C)C)C3CCC2(C)C1(C)C3)c1c(sc2cc3c(cc12)C(C)(C)CCC3(C)C)B5C1=C(N4c2ccc3c(c2)C(C)(C)CCC3(C)C)C(C)(C)c2cc3c(cc21)C(C)(C)CCC3(C)C. The molecule has 0 amide bonds. The van der Waals surface area contributed by atoms with E-state index in [4.69, 9.17) is 0 Å². The van der Waals surface area contributed by atoms with Crippen LogP contribution >= 0.6 is 11.3 Å². The van der Waals surface area contributed by atoms with E-state index in [2.05, 4.69) is 256 Å². The highest BCUT2D eigenvalue weighted by atomic mass is 32.1. The maximum absolute atomic E-state index is 3.00. The van der Waals surface area contributed by atoms with Crippen molar-refractivity contribution in [3.8, 4) is 0 Å². The van der Waals surface area contributed by atoms with Crippen molar-refractivity contribution >= 4 is 83.7 Å². The van der Waals surface area contributed by atoms with Gasteiger partial charge in [0.05, 0.1) is 11.2 Å². The van der Waals surface area contributed by atoms with Crippen molar-refractivity contribution in [3.05, 3.63) is 163 Å². The van der Waals surface area contributed by atoms with Gasteiger partial charge in [0, 0.05) is 65.5 Å². The third kappa shape index (κ3) is 7.09. The smallest absolute Gasteiger partial charge is 0.265 e. The fraction of sp³-hybridized carbons (Fsp3) is 0.524. The number of fused-ring (bicyclic) bond motifs is 20. The molecular formula is C84H100BN3S. The van der Waals surface area contributed by atoms with E-state index in [9.17, 15) is 0 Å². The van der Waals surface area contributed by atoms with Gasteiger partial charge in [0.1, 0.15) is 0 Å². The predicted octanol–water partition coefficient (Wildman–Crippen LogP) is 21.7. The largest absolute Gasteiger partial charge is 0.334 e. The molecule has 10 aliphatic rings. The van der Waals surface area contributed by atoms with Gasteiger partial charge in [-0.2, -0.15) is 0 Å². The van der Waals surface area contributed by atoms with Gasteiger partial charge in [-0.1, -0.05) is 155 Å². The standard InChI is InChI=1S/C84H100BN3S/c1-47-36-48(2)68-64(37-47)88-52-40-65-70-66(41-52)87(51-23-24-55-58(38-51)76(7,8)29-28-74(55,3)4)72-69(53-42-59-61(44-57(53)81(72,17)18)79(13,14)32-30-77(59,9)10)85(70)73-71(54-43-60-62(45-67(54)89-73)80(15,16)33-31-78(60,11)12)86(65)50-22-25-56-63(39-50)82(19,35-34-75(56,5)6)49-26-27-83(68,20)84(88,21)46-49/h22-25,36-45,49H,26-35,46H2,1-21H3. The van der Waals surface area contributed by atoms with Crippen molar-refractivity contribution in [2.45, 2.75) is 276 Å². The number of anilines is 7. The van der Waals surface area contributed by atoms with E-state index >= 15 is 0 Å². The Hall–Kier alpha value is -5.52. The first-order chi connectivity index (χ1) is 41.5. The van der Waals surface area contributed by atoms with Crippen molar-refractivity contribution < 1.29 is 0 Å². The highest BCUT2D eigenvalue weighted by Crippen LogP contribution is 2.69. The van der Waals surface area contributed by atoms with E-state index in [1.165, 1.54) is 169 Å². The van der Waals surface area contributed by atoms with Crippen molar-refractivity contribution in [1.29, 1.82) is 0 Å². The van der Waals surface area contributed by atoms with Gasteiger partial charge >= 0.3 is 0 Å². The summed E-state index contributed by atoms with van der Waals surface area (Å²) in [5.74, 6) is 0.506. The second kappa shape index (κ2) is 17.0. The molecule has 5 heteroatoms. The van der Waals surface area contributed by atoms with Crippen molar-refractivity contribution in [3.63, 3.8) is 0 Å². The van der Waals surface area contributed by atoms with Crippen LogP contribution in [0.25, 0.3) is 15.6 Å². The first-order valence-electron chi connectivity index (χ1n) is 35.0. The number of hydrogen-bond acceptors (Lipinski definition) is 4. The highest BCUT2D eigenvalue weighted by Gasteiger charge is 2.64. The van der Waals surface area contributed by atoms with E-state index in [1.54, 1.807) is 38.9 Å². The van der Waals surface area contributed by atoms with Crippen LogP contribution in [0, 0.1) is 19.8 Å². The van der Waals surface area contributed by atoms with Crippen LogP contribution in [0.5, 0.6) is 0 Å². The molecule has 0 radical (unpaired) electrons. The fourth-order valence-electron chi connectivity index (χ4n) is 21.9. The summed E-state index contributed by atoms with van der Waals surface area (Å²) in [6.45, 7) is 53.8. The Morgan fingerprint density at radius 3 is 1.57 bits per heavy atom. The average molecular weight is 1190 g/mol. The second-order valence-electron chi connectivity index (χ2n) is 37.0. The lowest BCUT2D eigenvalue weighted by atomic mass is 9.35. The van der Waals surface area contributed by atoms with Crippen LogP contribution in [0.1, 0.15) is 275 Å². The quantitative estimate of drug-likeness (QED) is 0.152. The lowest BCUT2D eigenvalue weighted by Crippen LogP contribution is -2.59. The Morgan fingerprint density at radius 2 is 0.955 bits per heavy atom. The van der Waals surface area contributed by atoms with Crippen LogP contribution in [0.2, 0.25) is 0 Å². The van der Waals surface area contributed by atoms with Gasteiger partial charge in [0.2, 0.25) is 0 Å². The van der Waals surface area contributed by atoms with Crippen LogP contribution < -0.4 is 24.9 Å². The number of nitrogens with zero attached hydrogens (tertiary/aromatic N) is 3. The molecule has 89 heavy (non-hydrogen) atoms. The molecule has 0 saturated heterocycles. The molecule has 4 atom stereocenters. The van der Waals surface area contributed by atoms with Crippen LogP contribution in [0.3, 0.4) is 0 Å². The summed E-state index contributed by atoms with van der Waals surface area (Å²) in [7, 11) is 0. The fourth-order valence-corrected chi connectivity index (χ4v) is 23.2. The van der Waals surface area contributed by atoms with E-state index in [1.807, 2.05) is 0 Å². The number of rotatable bonds is 1. The first kappa shape index (κ1) is 57.4. The van der Waals surface area contributed by atoms with Gasteiger partial charge in [-0.3, -0.25) is 0 Å². The topological polar surface area (TPSA) is 9.72 Å². The van der Waals surface area contributed by atoms with Gasteiger partial charge in [-0.25, -0.2) is 0 Å². The third-order valence-corrected chi connectivity index (χ3v) is 29.3. The van der Waals surface area contributed by atoms with Crippen molar-refractivity contribution in [2.75, 3.05) is 14.7 Å². The Kier molecular flexibility index (Phi) is 11.0.